The van der Waals surface area contributed by atoms with Crippen molar-refractivity contribution in [1.29, 1.82) is 0 Å². The Balaban J connectivity index is 1.79. The van der Waals surface area contributed by atoms with Gasteiger partial charge >= 0.3 is 0 Å². The third-order valence-corrected chi connectivity index (χ3v) is 3.08. The highest BCUT2D eigenvalue weighted by molar-refractivity contribution is 5.95. The van der Waals surface area contributed by atoms with Crippen molar-refractivity contribution >= 4 is 11.8 Å². The molecule has 0 fully saturated rings. The van der Waals surface area contributed by atoms with Gasteiger partial charge in [0.15, 0.2) is 6.61 Å². The molecule has 2 aromatic rings. The van der Waals surface area contributed by atoms with Gasteiger partial charge in [-0.15, -0.1) is 0 Å². The number of benzene rings is 1. The first-order valence-electron chi connectivity index (χ1n) is 7.08. The van der Waals surface area contributed by atoms with E-state index >= 15 is 0 Å². The molecule has 1 aromatic carbocycles. The van der Waals surface area contributed by atoms with Crippen LogP contribution in [0.25, 0.3) is 0 Å². The maximum absolute atomic E-state index is 11.7. The van der Waals surface area contributed by atoms with Crippen LogP contribution in [0.3, 0.4) is 0 Å². The maximum Gasteiger partial charge on any atom is 0.276 e. The zero-order valence-electron chi connectivity index (χ0n) is 12.6. The summed E-state index contributed by atoms with van der Waals surface area (Å²) in [6, 6.07) is 10.2. The number of carbonyl (C=O) groups excluding carboxylic acids is 2. The van der Waals surface area contributed by atoms with Crippen LogP contribution in [0.15, 0.2) is 47.4 Å². The van der Waals surface area contributed by atoms with Crippen LogP contribution in [-0.2, 0) is 11.2 Å². The van der Waals surface area contributed by atoms with Gasteiger partial charge in [0.05, 0.1) is 0 Å². The summed E-state index contributed by atoms with van der Waals surface area (Å²) in [6.07, 6.45) is 2.33. The molecule has 23 heavy (non-hydrogen) atoms. The fourth-order valence-corrected chi connectivity index (χ4v) is 1.80. The molecule has 1 heterocycles. The molecular formula is C16H17N3O4. The highest BCUT2D eigenvalue weighted by Gasteiger charge is 2.10. The molecule has 0 saturated carbocycles. The lowest BCUT2D eigenvalue weighted by molar-refractivity contribution is -0.123. The summed E-state index contributed by atoms with van der Waals surface area (Å²) >= 11 is 0. The number of hydrazine groups is 1. The lowest BCUT2D eigenvalue weighted by Crippen LogP contribution is -2.45. The summed E-state index contributed by atoms with van der Waals surface area (Å²) in [5.41, 5.74) is 4.88. The van der Waals surface area contributed by atoms with Gasteiger partial charge in [-0.25, -0.2) is 0 Å². The second-order valence-corrected chi connectivity index (χ2v) is 4.70. The number of hydrogen-bond donors (Lipinski definition) is 3. The predicted octanol–water partition coefficient (Wildman–Crippen LogP) is 0.777. The van der Waals surface area contributed by atoms with Crippen LogP contribution in [0.1, 0.15) is 22.8 Å². The Hall–Kier alpha value is -3.09. The summed E-state index contributed by atoms with van der Waals surface area (Å²) in [7, 11) is 0. The second kappa shape index (κ2) is 7.79. The Morgan fingerprint density at radius 1 is 1.13 bits per heavy atom. The summed E-state index contributed by atoms with van der Waals surface area (Å²) < 4.78 is 5.30. The number of carbonyl (C=O) groups is 2. The molecule has 2 rings (SSSR count). The first-order valence-corrected chi connectivity index (χ1v) is 7.08. The van der Waals surface area contributed by atoms with Gasteiger partial charge in [-0.05, 0) is 36.2 Å². The molecule has 0 bridgehead atoms. The van der Waals surface area contributed by atoms with Crippen molar-refractivity contribution in [3.8, 4) is 5.75 Å². The van der Waals surface area contributed by atoms with Crippen molar-refractivity contribution in [2.45, 2.75) is 13.3 Å². The van der Waals surface area contributed by atoms with E-state index in [2.05, 4.69) is 15.8 Å². The number of aromatic nitrogens is 1. The van der Waals surface area contributed by atoms with Crippen molar-refractivity contribution in [3.05, 3.63) is 64.1 Å². The topological polar surface area (TPSA) is 100 Å². The van der Waals surface area contributed by atoms with E-state index < -0.39 is 17.4 Å². The number of aromatic amines is 1. The van der Waals surface area contributed by atoms with E-state index in [1.165, 1.54) is 23.9 Å². The summed E-state index contributed by atoms with van der Waals surface area (Å²) in [4.78, 5) is 37.1. The minimum Gasteiger partial charge on any atom is -0.484 e. The van der Waals surface area contributed by atoms with Crippen LogP contribution in [-0.4, -0.2) is 23.4 Å². The molecular weight excluding hydrogens is 298 g/mol. The predicted molar refractivity (Wildman–Crippen MR) is 84.0 cm³/mol. The first-order chi connectivity index (χ1) is 11.1. The van der Waals surface area contributed by atoms with Crippen molar-refractivity contribution in [2.24, 2.45) is 0 Å². The fourth-order valence-electron chi connectivity index (χ4n) is 1.80. The number of amides is 2. The second-order valence-electron chi connectivity index (χ2n) is 4.70. The summed E-state index contributed by atoms with van der Waals surface area (Å²) in [6.45, 7) is 1.79. The van der Waals surface area contributed by atoms with Crippen molar-refractivity contribution in [3.63, 3.8) is 0 Å². The van der Waals surface area contributed by atoms with E-state index in [9.17, 15) is 14.4 Å². The number of aryl methyl sites for hydroxylation is 1. The number of ether oxygens (including phenoxy) is 1. The quantitative estimate of drug-likeness (QED) is 0.710. The number of H-pyrrole nitrogens is 1. The molecule has 0 aliphatic heterocycles. The molecule has 7 nitrogen and oxygen atoms in total. The van der Waals surface area contributed by atoms with E-state index in [0.717, 1.165) is 6.42 Å². The zero-order valence-corrected chi connectivity index (χ0v) is 12.6. The minimum absolute atomic E-state index is 0.0936. The third kappa shape index (κ3) is 4.70. The highest BCUT2D eigenvalue weighted by atomic mass is 16.5. The molecule has 120 valence electrons. The molecule has 0 saturated heterocycles. The van der Waals surface area contributed by atoms with Crippen LogP contribution in [0, 0.1) is 0 Å². The van der Waals surface area contributed by atoms with Gasteiger partial charge in [-0.1, -0.05) is 19.1 Å². The van der Waals surface area contributed by atoms with Crippen LogP contribution in [0.2, 0.25) is 0 Å². The molecule has 1 aromatic heterocycles. The first kappa shape index (κ1) is 16.3. The van der Waals surface area contributed by atoms with E-state index in [1.54, 1.807) is 12.1 Å². The van der Waals surface area contributed by atoms with Crippen LogP contribution >= 0.6 is 0 Å². The van der Waals surface area contributed by atoms with Gasteiger partial charge in [-0.2, -0.15) is 0 Å². The highest BCUT2D eigenvalue weighted by Crippen LogP contribution is 2.12. The lowest BCUT2D eigenvalue weighted by atomic mass is 10.2. The minimum atomic E-state index is -0.701. The molecule has 3 N–H and O–H groups in total. The van der Waals surface area contributed by atoms with Gasteiger partial charge in [0.2, 0.25) is 0 Å². The lowest BCUT2D eigenvalue weighted by Gasteiger charge is -2.09. The maximum atomic E-state index is 11.7. The van der Waals surface area contributed by atoms with Crippen LogP contribution in [0.4, 0.5) is 0 Å². The molecule has 0 radical (unpaired) electrons. The van der Waals surface area contributed by atoms with E-state index in [0.29, 0.717) is 5.75 Å². The van der Waals surface area contributed by atoms with Crippen LogP contribution < -0.4 is 21.1 Å². The molecule has 0 spiro atoms. The summed E-state index contributed by atoms with van der Waals surface area (Å²) in [5, 5.41) is 0. The van der Waals surface area contributed by atoms with Crippen LogP contribution in [0.5, 0.6) is 5.75 Å². The largest absolute Gasteiger partial charge is 0.484 e. The Bertz CT molecular complexity index is 737. The fraction of sp³-hybridized carbons (Fsp3) is 0.188. The smallest absolute Gasteiger partial charge is 0.276 e. The van der Waals surface area contributed by atoms with E-state index in [4.69, 9.17) is 4.74 Å². The molecule has 0 atom stereocenters. The average Bonchev–Trinajstić information content (AvgIpc) is 2.58. The molecule has 7 heteroatoms. The Kier molecular flexibility index (Phi) is 5.51. The SMILES string of the molecule is CCc1ccc(OCC(=O)NNC(=O)c2ccc[nH]c2=O)cc1. The number of rotatable bonds is 5. The van der Waals surface area contributed by atoms with Crippen molar-refractivity contribution in [1.82, 2.24) is 15.8 Å². The number of pyridine rings is 1. The molecule has 0 aliphatic carbocycles. The van der Waals surface area contributed by atoms with Gasteiger partial charge in [0.25, 0.3) is 17.4 Å². The monoisotopic (exact) mass is 315 g/mol. The zero-order chi connectivity index (χ0) is 16.7. The third-order valence-electron chi connectivity index (χ3n) is 3.08. The Morgan fingerprint density at radius 3 is 2.52 bits per heavy atom. The Morgan fingerprint density at radius 2 is 1.87 bits per heavy atom. The normalized spacial score (nSPS) is 9.96. The van der Waals surface area contributed by atoms with Gasteiger partial charge in [0.1, 0.15) is 11.3 Å². The standard InChI is InChI=1S/C16H17N3O4/c1-2-11-5-7-12(8-6-11)23-10-14(20)18-19-16(22)13-4-3-9-17-15(13)21/h3-9H,2,10H2,1H3,(H,17,21)(H,18,20)(H,19,22). The van der Waals surface area contributed by atoms with E-state index in [-0.39, 0.29) is 12.2 Å². The van der Waals surface area contributed by atoms with E-state index in [1.807, 2.05) is 19.1 Å². The van der Waals surface area contributed by atoms with Gasteiger partial charge < -0.3 is 9.72 Å². The summed E-state index contributed by atoms with van der Waals surface area (Å²) in [5.74, 6) is -0.680. The van der Waals surface area contributed by atoms with Gasteiger partial charge in [-0.3, -0.25) is 25.2 Å². The molecule has 0 unspecified atom stereocenters. The van der Waals surface area contributed by atoms with Crippen molar-refractivity contribution in [2.75, 3.05) is 6.61 Å². The molecule has 2 amide bonds. The number of hydrogen-bond acceptors (Lipinski definition) is 4. The molecule has 0 aliphatic rings. The van der Waals surface area contributed by atoms with Crippen molar-refractivity contribution < 1.29 is 14.3 Å². The van der Waals surface area contributed by atoms with Gasteiger partial charge in [0, 0.05) is 6.20 Å². The Labute approximate surface area is 132 Å². The average molecular weight is 315 g/mol. The number of nitrogens with one attached hydrogen (secondary N) is 3.